The van der Waals surface area contributed by atoms with E-state index in [1.165, 1.54) is 12.1 Å². The highest BCUT2D eigenvalue weighted by Crippen LogP contribution is 2.60. The Balaban J connectivity index is 1.81. The van der Waals surface area contributed by atoms with Crippen LogP contribution >= 0.6 is 0 Å². The number of carbonyl (C=O) groups is 1. The van der Waals surface area contributed by atoms with Crippen molar-refractivity contribution in [3.05, 3.63) is 59.7 Å². The van der Waals surface area contributed by atoms with Crippen molar-refractivity contribution in [2.45, 2.75) is 36.8 Å². The van der Waals surface area contributed by atoms with E-state index in [-0.39, 0.29) is 12.0 Å². The van der Waals surface area contributed by atoms with Gasteiger partial charge >= 0.3 is 6.36 Å². The minimum Gasteiger partial charge on any atom is -0.403 e. The summed E-state index contributed by atoms with van der Waals surface area (Å²) < 4.78 is 62.7. The molecule has 5 nitrogen and oxygen atoms in total. The Morgan fingerprint density at radius 1 is 1.25 bits per heavy atom. The number of fused-ring (bicyclic) bond motifs is 2. The Kier molecular flexibility index (Phi) is 4.29. The molecule has 2 N–H and O–H groups in total. The molecule has 0 radical (unpaired) electrons. The number of rotatable bonds is 4. The second kappa shape index (κ2) is 6.44. The van der Waals surface area contributed by atoms with Crippen LogP contribution in [0, 0.1) is 11.7 Å². The van der Waals surface area contributed by atoms with Crippen molar-refractivity contribution < 1.29 is 31.8 Å². The number of alkyl halides is 3. The Morgan fingerprint density at radius 3 is 2.61 bits per heavy atom. The number of aromatic nitrogens is 1. The number of nitrogens with two attached hydrogens (primary N) is 1. The Hall–Kier alpha value is -2.68. The van der Waals surface area contributed by atoms with E-state index in [0.29, 0.717) is 6.42 Å². The normalized spacial score (nSPS) is 29.1. The molecule has 2 aliphatic rings. The van der Waals surface area contributed by atoms with Gasteiger partial charge in [0.2, 0.25) is 5.91 Å². The quantitative estimate of drug-likeness (QED) is 0.804. The average Bonchev–Trinajstić information content (AvgIpc) is 3.20. The molecule has 2 saturated heterocycles. The number of primary amides is 1. The highest BCUT2D eigenvalue weighted by Gasteiger charge is 2.63. The summed E-state index contributed by atoms with van der Waals surface area (Å²) in [4.78, 5) is 16.3. The number of hydrogen-bond acceptors (Lipinski definition) is 4. The van der Waals surface area contributed by atoms with Gasteiger partial charge in [-0.2, -0.15) is 0 Å². The van der Waals surface area contributed by atoms with E-state index in [9.17, 15) is 18.0 Å². The van der Waals surface area contributed by atoms with Crippen molar-refractivity contribution >= 4 is 5.91 Å². The summed E-state index contributed by atoms with van der Waals surface area (Å²) in [5, 5.41) is 0. The molecule has 9 heteroatoms. The number of amides is 1. The Labute approximate surface area is 157 Å². The maximum atomic E-state index is 15.0. The fraction of sp³-hybridized carbons (Fsp3) is 0.368. The van der Waals surface area contributed by atoms with E-state index in [0.717, 1.165) is 11.6 Å². The van der Waals surface area contributed by atoms with Crippen LogP contribution in [0.5, 0.6) is 5.75 Å². The molecule has 28 heavy (non-hydrogen) atoms. The van der Waals surface area contributed by atoms with Crippen LogP contribution in [0.1, 0.15) is 29.9 Å². The first-order chi connectivity index (χ1) is 13.2. The molecule has 2 aliphatic heterocycles. The number of benzene rings is 1. The van der Waals surface area contributed by atoms with Crippen molar-refractivity contribution in [1.82, 2.24) is 4.98 Å². The molecule has 0 saturated carbocycles. The minimum atomic E-state index is -5.05. The summed E-state index contributed by atoms with van der Waals surface area (Å²) in [6, 6.07) is 6.87. The maximum absolute atomic E-state index is 15.0. The van der Waals surface area contributed by atoms with Gasteiger partial charge in [-0.1, -0.05) is 12.1 Å². The van der Waals surface area contributed by atoms with Gasteiger partial charge in [-0.15, -0.1) is 13.2 Å². The Morgan fingerprint density at radius 2 is 1.96 bits per heavy atom. The van der Waals surface area contributed by atoms with Gasteiger partial charge < -0.3 is 15.2 Å². The van der Waals surface area contributed by atoms with Crippen LogP contribution in [0.25, 0.3) is 0 Å². The van der Waals surface area contributed by atoms with E-state index in [2.05, 4.69) is 9.72 Å². The number of ether oxygens (including phenoxy) is 2. The van der Waals surface area contributed by atoms with Crippen molar-refractivity contribution in [2.24, 2.45) is 11.7 Å². The fourth-order valence-corrected chi connectivity index (χ4v) is 4.54. The number of nitrogens with zero attached hydrogens (tertiary/aromatic N) is 1. The first kappa shape index (κ1) is 18.7. The molecule has 1 aromatic carbocycles. The van der Waals surface area contributed by atoms with E-state index in [1.54, 1.807) is 24.5 Å². The summed E-state index contributed by atoms with van der Waals surface area (Å²) in [6.07, 6.45) is -1.56. The monoisotopic (exact) mass is 396 g/mol. The van der Waals surface area contributed by atoms with Crippen LogP contribution in [-0.2, 0) is 15.1 Å². The van der Waals surface area contributed by atoms with E-state index in [1.807, 2.05) is 0 Å². The summed E-state index contributed by atoms with van der Waals surface area (Å²) in [5.41, 5.74) is 4.81. The van der Waals surface area contributed by atoms with Crippen LogP contribution in [0.4, 0.5) is 17.6 Å². The lowest BCUT2D eigenvalue weighted by atomic mass is 9.66. The van der Waals surface area contributed by atoms with Gasteiger partial charge in [-0.05, 0) is 36.6 Å². The average molecular weight is 396 g/mol. The number of pyridine rings is 1. The van der Waals surface area contributed by atoms with E-state index < -0.39 is 47.4 Å². The molecular weight excluding hydrogens is 380 g/mol. The topological polar surface area (TPSA) is 74.4 Å². The standard InChI is InChI=1S/C19H16F4N2O3/c20-16-11(2-1-3-13(16)28-19(21,22)23)18-7-4-12(27-18)14(15(18)17(24)26)10-5-8-25-9-6-10/h1-3,5-6,8-9,12,14-15H,4,7H2,(H2,24,26). The number of halogens is 4. The first-order valence-corrected chi connectivity index (χ1v) is 8.65. The minimum absolute atomic E-state index is 0.155. The van der Waals surface area contributed by atoms with E-state index in [4.69, 9.17) is 10.5 Å². The van der Waals surface area contributed by atoms with Gasteiger partial charge in [0.05, 0.1) is 12.0 Å². The third-order valence-corrected chi connectivity index (χ3v) is 5.47. The molecule has 0 spiro atoms. The SMILES string of the molecule is NC(=O)C1C(c2ccncc2)C2CCC1(c1cccc(OC(F)(F)F)c1F)O2. The lowest BCUT2D eigenvalue weighted by Gasteiger charge is -2.35. The summed E-state index contributed by atoms with van der Waals surface area (Å²) in [5.74, 6) is -4.26. The molecule has 2 aromatic rings. The molecule has 3 heterocycles. The van der Waals surface area contributed by atoms with Crippen molar-refractivity contribution in [3.63, 3.8) is 0 Å². The van der Waals surface area contributed by atoms with Crippen molar-refractivity contribution in [3.8, 4) is 5.75 Å². The molecule has 0 aliphatic carbocycles. The first-order valence-electron chi connectivity index (χ1n) is 8.65. The third kappa shape index (κ3) is 2.90. The predicted molar refractivity (Wildman–Crippen MR) is 88.5 cm³/mol. The summed E-state index contributed by atoms with van der Waals surface area (Å²) in [7, 11) is 0. The second-order valence-corrected chi connectivity index (χ2v) is 6.94. The van der Waals surface area contributed by atoms with Gasteiger partial charge in [-0.3, -0.25) is 9.78 Å². The van der Waals surface area contributed by atoms with Gasteiger partial charge in [0.25, 0.3) is 0 Å². The smallest absolute Gasteiger partial charge is 0.403 e. The Bertz CT molecular complexity index is 906. The predicted octanol–water partition coefficient (Wildman–Crippen LogP) is 3.39. The molecule has 4 rings (SSSR count). The maximum Gasteiger partial charge on any atom is 0.573 e. The lowest BCUT2D eigenvalue weighted by molar-refractivity contribution is -0.275. The fourth-order valence-electron chi connectivity index (χ4n) is 4.54. The number of hydrogen-bond donors (Lipinski definition) is 1. The van der Waals surface area contributed by atoms with Gasteiger partial charge in [-0.25, -0.2) is 4.39 Å². The molecular formula is C19H16F4N2O3. The van der Waals surface area contributed by atoms with Crippen LogP contribution in [0.2, 0.25) is 0 Å². The van der Waals surface area contributed by atoms with Crippen LogP contribution < -0.4 is 10.5 Å². The zero-order valence-corrected chi connectivity index (χ0v) is 14.4. The zero-order valence-electron chi connectivity index (χ0n) is 14.4. The van der Waals surface area contributed by atoms with Crippen LogP contribution in [0.15, 0.2) is 42.7 Å². The summed E-state index contributed by atoms with van der Waals surface area (Å²) >= 11 is 0. The van der Waals surface area contributed by atoms with Crippen LogP contribution in [0.3, 0.4) is 0 Å². The zero-order chi connectivity index (χ0) is 20.1. The molecule has 148 valence electrons. The third-order valence-electron chi connectivity index (χ3n) is 5.47. The molecule has 2 fully saturated rings. The van der Waals surface area contributed by atoms with Gasteiger partial charge in [0.15, 0.2) is 11.6 Å². The van der Waals surface area contributed by atoms with E-state index >= 15 is 4.39 Å². The van der Waals surface area contributed by atoms with Crippen molar-refractivity contribution in [1.29, 1.82) is 0 Å². The largest absolute Gasteiger partial charge is 0.573 e. The summed E-state index contributed by atoms with van der Waals surface area (Å²) in [6.45, 7) is 0. The van der Waals surface area contributed by atoms with Gasteiger partial charge in [0, 0.05) is 23.9 Å². The molecule has 2 bridgehead atoms. The molecule has 4 unspecified atom stereocenters. The van der Waals surface area contributed by atoms with Crippen LogP contribution in [-0.4, -0.2) is 23.4 Å². The van der Waals surface area contributed by atoms with Crippen molar-refractivity contribution in [2.75, 3.05) is 0 Å². The van der Waals surface area contributed by atoms with Gasteiger partial charge in [0.1, 0.15) is 5.60 Å². The number of carbonyl (C=O) groups excluding carboxylic acids is 1. The molecule has 1 amide bonds. The second-order valence-electron chi connectivity index (χ2n) is 6.94. The highest BCUT2D eigenvalue weighted by atomic mass is 19.4. The molecule has 4 atom stereocenters. The molecule has 1 aromatic heterocycles. The highest BCUT2D eigenvalue weighted by molar-refractivity contribution is 5.80. The lowest BCUT2D eigenvalue weighted by Crippen LogP contribution is -2.43.